The van der Waals surface area contributed by atoms with Crippen LogP contribution in [-0.4, -0.2) is 30.4 Å². The molecule has 1 heterocycles. The van der Waals surface area contributed by atoms with Crippen LogP contribution in [0.3, 0.4) is 0 Å². The summed E-state index contributed by atoms with van der Waals surface area (Å²) in [4.78, 5) is 4.22. The molecule has 0 saturated heterocycles. The van der Waals surface area contributed by atoms with E-state index in [2.05, 4.69) is 15.5 Å². The number of hydrogen-bond donors (Lipinski definition) is 1. The molecule has 0 saturated carbocycles. The van der Waals surface area contributed by atoms with Gasteiger partial charge in [-0.25, -0.2) is 0 Å². The summed E-state index contributed by atoms with van der Waals surface area (Å²) in [7, 11) is 1.66. The Morgan fingerprint density at radius 3 is 2.80 bits per heavy atom. The van der Waals surface area contributed by atoms with Gasteiger partial charge in [0, 0.05) is 13.7 Å². The molecular formula is C13H18ClN3O3. The average Bonchev–Trinajstić information content (AvgIpc) is 2.91. The van der Waals surface area contributed by atoms with Gasteiger partial charge >= 0.3 is 0 Å². The second kappa shape index (κ2) is 9.30. The summed E-state index contributed by atoms with van der Waals surface area (Å²) in [5, 5.41) is 6.98. The van der Waals surface area contributed by atoms with E-state index < -0.39 is 0 Å². The summed E-state index contributed by atoms with van der Waals surface area (Å²) in [6, 6.07) is 9.53. The zero-order chi connectivity index (χ0) is 13.3. The summed E-state index contributed by atoms with van der Waals surface area (Å²) in [5.74, 6) is 1.86. The van der Waals surface area contributed by atoms with E-state index in [0.29, 0.717) is 31.5 Å². The summed E-state index contributed by atoms with van der Waals surface area (Å²) in [6.07, 6.45) is 0. The summed E-state index contributed by atoms with van der Waals surface area (Å²) in [6.45, 7) is 2.22. The first-order valence-electron chi connectivity index (χ1n) is 6.07. The Kier molecular flexibility index (Phi) is 7.64. The molecule has 0 bridgehead atoms. The Bertz CT molecular complexity index is 479. The van der Waals surface area contributed by atoms with Crippen LogP contribution in [-0.2, 0) is 17.9 Å². The minimum absolute atomic E-state index is 0. The molecule has 0 aliphatic heterocycles. The van der Waals surface area contributed by atoms with Crippen LogP contribution in [0.2, 0.25) is 0 Å². The van der Waals surface area contributed by atoms with Gasteiger partial charge < -0.3 is 19.3 Å². The Hall–Kier alpha value is -1.63. The van der Waals surface area contributed by atoms with E-state index in [9.17, 15) is 0 Å². The first-order chi connectivity index (χ1) is 9.38. The molecular weight excluding hydrogens is 282 g/mol. The molecule has 0 aliphatic carbocycles. The second-order valence-corrected chi connectivity index (χ2v) is 3.88. The van der Waals surface area contributed by atoms with Gasteiger partial charge in [0.25, 0.3) is 0 Å². The molecule has 1 N–H and O–H groups in total. The van der Waals surface area contributed by atoms with Gasteiger partial charge in [-0.05, 0) is 12.1 Å². The third kappa shape index (κ3) is 5.56. The van der Waals surface area contributed by atoms with E-state index in [1.807, 2.05) is 30.3 Å². The lowest BCUT2D eigenvalue weighted by atomic mass is 10.3. The van der Waals surface area contributed by atoms with E-state index in [-0.39, 0.29) is 12.4 Å². The van der Waals surface area contributed by atoms with Crippen molar-refractivity contribution in [2.75, 3.05) is 20.3 Å². The average molecular weight is 300 g/mol. The third-order valence-corrected chi connectivity index (χ3v) is 2.38. The zero-order valence-corrected chi connectivity index (χ0v) is 12.1. The molecule has 7 heteroatoms. The fourth-order valence-corrected chi connectivity index (χ4v) is 1.45. The molecule has 6 nitrogen and oxygen atoms in total. The Labute approximate surface area is 123 Å². The fraction of sp³-hybridized carbons (Fsp3) is 0.385. The highest BCUT2D eigenvalue weighted by Gasteiger charge is 2.06. The fourth-order valence-electron chi connectivity index (χ4n) is 1.45. The van der Waals surface area contributed by atoms with Gasteiger partial charge in [-0.2, -0.15) is 4.98 Å². The summed E-state index contributed by atoms with van der Waals surface area (Å²) in [5.41, 5.74) is 0. The minimum atomic E-state index is 0. The predicted molar refractivity (Wildman–Crippen MR) is 75.9 cm³/mol. The van der Waals surface area contributed by atoms with Crippen molar-refractivity contribution in [1.29, 1.82) is 0 Å². The van der Waals surface area contributed by atoms with Crippen molar-refractivity contribution in [2.24, 2.45) is 0 Å². The maximum absolute atomic E-state index is 5.52. The molecule has 1 aromatic carbocycles. The first kappa shape index (κ1) is 16.4. The van der Waals surface area contributed by atoms with E-state index in [4.69, 9.17) is 14.0 Å². The normalized spacial score (nSPS) is 10.1. The molecule has 20 heavy (non-hydrogen) atoms. The van der Waals surface area contributed by atoms with Crippen molar-refractivity contribution in [3.63, 3.8) is 0 Å². The predicted octanol–water partition coefficient (Wildman–Crippen LogP) is 1.81. The van der Waals surface area contributed by atoms with Gasteiger partial charge in [0.1, 0.15) is 5.75 Å². The van der Waals surface area contributed by atoms with Crippen molar-refractivity contribution in [2.45, 2.75) is 13.2 Å². The molecule has 0 amide bonds. The third-order valence-electron chi connectivity index (χ3n) is 2.38. The van der Waals surface area contributed by atoms with Crippen LogP contribution in [0.15, 0.2) is 34.9 Å². The van der Waals surface area contributed by atoms with E-state index in [1.165, 1.54) is 0 Å². The van der Waals surface area contributed by atoms with Gasteiger partial charge in [-0.3, -0.25) is 0 Å². The topological polar surface area (TPSA) is 69.4 Å². The van der Waals surface area contributed by atoms with Gasteiger partial charge in [-0.1, -0.05) is 23.4 Å². The van der Waals surface area contributed by atoms with Crippen LogP contribution < -0.4 is 10.1 Å². The van der Waals surface area contributed by atoms with Crippen LogP contribution in [0.25, 0.3) is 0 Å². The molecule has 0 radical (unpaired) electrons. The number of nitrogens with one attached hydrogen (secondary N) is 1. The number of rotatable bonds is 8. The lowest BCUT2D eigenvalue weighted by Crippen LogP contribution is -2.18. The highest BCUT2D eigenvalue weighted by atomic mass is 35.5. The largest absolute Gasteiger partial charge is 0.485 e. The first-order valence-corrected chi connectivity index (χ1v) is 6.07. The van der Waals surface area contributed by atoms with Gasteiger partial charge in [0.2, 0.25) is 11.7 Å². The van der Waals surface area contributed by atoms with Crippen LogP contribution in [0.1, 0.15) is 11.7 Å². The molecule has 0 aliphatic rings. The van der Waals surface area contributed by atoms with Gasteiger partial charge in [-0.15, -0.1) is 12.4 Å². The number of aromatic nitrogens is 2. The number of ether oxygens (including phenoxy) is 2. The zero-order valence-electron chi connectivity index (χ0n) is 11.2. The van der Waals surface area contributed by atoms with E-state index in [0.717, 1.165) is 12.3 Å². The molecule has 2 aromatic rings. The van der Waals surface area contributed by atoms with E-state index >= 15 is 0 Å². The van der Waals surface area contributed by atoms with Gasteiger partial charge in [0.15, 0.2) is 6.61 Å². The number of benzene rings is 1. The summed E-state index contributed by atoms with van der Waals surface area (Å²) >= 11 is 0. The molecule has 0 fully saturated rings. The number of para-hydroxylation sites is 1. The molecule has 0 atom stereocenters. The van der Waals surface area contributed by atoms with Gasteiger partial charge in [0.05, 0.1) is 13.2 Å². The molecule has 2 rings (SSSR count). The van der Waals surface area contributed by atoms with Crippen LogP contribution in [0, 0.1) is 0 Å². The minimum Gasteiger partial charge on any atom is -0.485 e. The highest BCUT2D eigenvalue weighted by molar-refractivity contribution is 5.85. The maximum Gasteiger partial charge on any atom is 0.240 e. The van der Waals surface area contributed by atoms with Crippen LogP contribution in [0.5, 0.6) is 5.75 Å². The van der Waals surface area contributed by atoms with Crippen LogP contribution in [0.4, 0.5) is 0 Å². The highest BCUT2D eigenvalue weighted by Crippen LogP contribution is 2.10. The Balaban J connectivity index is 0.00000200. The van der Waals surface area contributed by atoms with Crippen molar-refractivity contribution in [3.8, 4) is 5.75 Å². The number of halogens is 1. The summed E-state index contributed by atoms with van der Waals surface area (Å²) < 4.78 is 15.5. The van der Waals surface area contributed by atoms with Crippen LogP contribution >= 0.6 is 12.4 Å². The molecule has 0 spiro atoms. The number of hydrogen-bond acceptors (Lipinski definition) is 6. The van der Waals surface area contributed by atoms with Crippen molar-refractivity contribution in [1.82, 2.24) is 15.5 Å². The smallest absolute Gasteiger partial charge is 0.240 e. The lowest BCUT2D eigenvalue weighted by Gasteiger charge is -2.01. The number of methoxy groups -OCH3 is 1. The van der Waals surface area contributed by atoms with Crippen molar-refractivity contribution < 1.29 is 14.0 Å². The van der Waals surface area contributed by atoms with Crippen molar-refractivity contribution in [3.05, 3.63) is 42.0 Å². The SMILES string of the molecule is COCCNCc1nc(COc2ccccc2)no1.Cl. The lowest BCUT2D eigenvalue weighted by molar-refractivity contribution is 0.197. The van der Waals surface area contributed by atoms with Crippen molar-refractivity contribution >= 4 is 12.4 Å². The Morgan fingerprint density at radius 1 is 1.25 bits per heavy atom. The molecule has 110 valence electrons. The second-order valence-electron chi connectivity index (χ2n) is 3.88. The molecule has 0 unspecified atom stereocenters. The quantitative estimate of drug-likeness (QED) is 0.750. The molecule has 1 aromatic heterocycles. The Morgan fingerprint density at radius 2 is 2.05 bits per heavy atom. The number of nitrogens with zero attached hydrogens (tertiary/aromatic N) is 2. The maximum atomic E-state index is 5.52. The standard InChI is InChI=1S/C13H17N3O3.ClH/c1-17-8-7-14-9-13-15-12(16-19-13)10-18-11-5-3-2-4-6-11;/h2-6,14H,7-10H2,1H3;1H. The monoisotopic (exact) mass is 299 g/mol. The van der Waals surface area contributed by atoms with E-state index in [1.54, 1.807) is 7.11 Å².